The molecular weight excluding hydrogens is 140 g/mol. The molecule has 0 aromatic rings. The molecular formula is C4H6N2S2. The van der Waals surface area contributed by atoms with Gasteiger partial charge in [0.2, 0.25) is 0 Å². The second-order valence-corrected chi connectivity index (χ2v) is 3.32. The van der Waals surface area contributed by atoms with E-state index >= 15 is 0 Å². The van der Waals surface area contributed by atoms with Crippen LogP contribution in [0.3, 0.4) is 0 Å². The van der Waals surface area contributed by atoms with Gasteiger partial charge in [-0.05, 0) is 13.8 Å². The SMILES string of the molecule is CC1=NSC(C)=NS1. The fraction of sp³-hybridized carbons (Fsp3) is 0.500. The Bertz CT molecular complexity index is 132. The summed E-state index contributed by atoms with van der Waals surface area (Å²) in [6.45, 7) is 3.90. The molecule has 0 aromatic carbocycles. The maximum absolute atomic E-state index is 4.08. The van der Waals surface area contributed by atoms with Crippen LogP contribution < -0.4 is 0 Å². The summed E-state index contributed by atoms with van der Waals surface area (Å²) in [7, 11) is 0. The second-order valence-electron chi connectivity index (χ2n) is 1.40. The molecule has 1 heterocycles. The average molecular weight is 146 g/mol. The highest BCUT2D eigenvalue weighted by atomic mass is 32.2. The van der Waals surface area contributed by atoms with Crippen LogP contribution in [0.15, 0.2) is 8.80 Å². The van der Waals surface area contributed by atoms with Gasteiger partial charge in [0.1, 0.15) is 10.1 Å². The smallest absolute Gasteiger partial charge is 0.102 e. The van der Waals surface area contributed by atoms with Crippen molar-refractivity contribution >= 4 is 34.0 Å². The largest absolute Gasteiger partial charge is 0.206 e. The molecule has 0 aromatic heterocycles. The van der Waals surface area contributed by atoms with Crippen molar-refractivity contribution in [1.29, 1.82) is 0 Å². The van der Waals surface area contributed by atoms with Crippen molar-refractivity contribution in [1.82, 2.24) is 0 Å². The topological polar surface area (TPSA) is 24.7 Å². The fourth-order valence-electron chi connectivity index (χ4n) is 0.294. The van der Waals surface area contributed by atoms with Crippen LogP contribution in [0.2, 0.25) is 0 Å². The monoisotopic (exact) mass is 146 g/mol. The van der Waals surface area contributed by atoms with Crippen molar-refractivity contribution in [3.8, 4) is 0 Å². The third kappa shape index (κ3) is 1.52. The minimum Gasteiger partial charge on any atom is -0.206 e. The first kappa shape index (κ1) is 6.16. The van der Waals surface area contributed by atoms with Crippen molar-refractivity contribution < 1.29 is 0 Å². The van der Waals surface area contributed by atoms with E-state index in [2.05, 4.69) is 8.80 Å². The minimum atomic E-state index is 1.03. The maximum Gasteiger partial charge on any atom is 0.102 e. The molecule has 0 aliphatic carbocycles. The zero-order valence-corrected chi connectivity index (χ0v) is 6.34. The lowest BCUT2D eigenvalue weighted by Crippen LogP contribution is -1.89. The lowest BCUT2D eigenvalue weighted by atomic mass is 10.9. The Morgan fingerprint density at radius 3 is 1.62 bits per heavy atom. The number of rotatable bonds is 0. The first-order valence-electron chi connectivity index (χ1n) is 2.22. The summed E-state index contributed by atoms with van der Waals surface area (Å²) in [6.07, 6.45) is 0. The first-order valence-corrected chi connectivity index (χ1v) is 3.77. The number of hydrogen-bond donors (Lipinski definition) is 0. The lowest BCUT2D eigenvalue weighted by molar-refractivity contribution is 1.79. The molecule has 1 rings (SSSR count). The molecule has 0 spiro atoms. The molecule has 0 atom stereocenters. The summed E-state index contributed by atoms with van der Waals surface area (Å²) in [5, 5.41) is 2.06. The van der Waals surface area contributed by atoms with Gasteiger partial charge in [-0.15, -0.1) is 0 Å². The van der Waals surface area contributed by atoms with Gasteiger partial charge in [-0.2, -0.15) is 0 Å². The highest BCUT2D eigenvalue weighted by molar-refractivity contribution is 8.20. The molecule has 1 aliphatic rings. The van der Waals surface area contributed by atoms with Gasteiger partial charge in [-0.1, -0.05) is 0 Å². The molecule has 2 nitrogen and oxygen atoms in total. The van der Waals surface area contributed by atoms with Crippen LogP contribution in [0.25, 0.3) is 0 Å². The predicted molar refractivity (Wildman–Crippen MR) is 41.4 cm³/mol. The quantitative estimate of drug-likeness (QED) is 0.489. The van der Waals surface area contributed by atoms with E-state index in [4.69, 9.17) is 0 Å². The molecule has 0 radical (unpaired) electrons. The van der Waals surface area contributed by atoms with Gasteiger partial charge in [0.15, 0.2) is 0 Å². The molecule has 0 unspecified atom stereocenters. The Balaban J connectivity index is 2.54. The highest BCUT2D eigenvalue weighted by Crippen LogP contribution is 2.20. The van der Waals surface area contributed by atoms with Gasteiger partial charge in [-0.25, -0.2) is 8.80 Å². The van der Waals surface area contributed by atoms with E-state index in [1.54, 1.807) is 0 Å². The molecule has 0 N–H and O–H groups in total. The zero-order chi connectivity index (χ0) is 5.98. The highest BCUT2D eigenvalue weighted by Gasteiger charge is 1.99. The third-order valence-corrected chi connectivity index (χ3v) is 2.29. The van der Waals surface area contributed by atoms with Gasteiger partial charge >= 0.3 is 0 Å². The van der Waals surface area contributed by atoms with Gasteiger partial charge in [-0.3, -0.25) is 0 Å². The van der Waals surface area contributed by atoms with E-state index in [-0.39, 0.29) is 0 Å². The van der Waals surface area contributed by atoms with E-state index < -0.39 is 0 Å². The number of nitrogens with zero attached hydrogens (tertiary/aromatic N) is 2. The van der Waals surface area contributed by atoms with Crippen LogP contribution in [0, 0.1) is 0 Å². The van der Waals surface area contributed by atoms with Crippen LogP contribution >= 0.6 is 23.9 Å². The Kier molecular flexibility index (Phi) is 1.96. The molecule has 0 amide bonds. The number of hydrogen-bond acceptors (Lipinski definition) is 4. The van der Waals surface area contributed by atoms with Gasteiger partial charge in [0.25, 0.3) is 0 Å². The predicted octanol–water partition coefficient (Wildman–Crippen LogP) is 2.13. The third-order valence-electron chi connectivity index (χ3n) is 0.613. The molecule has 0 saturated heterocycles. The summed E-state index contributed by atoms with van der Waals surface area (Å²) in [6, 6.07) is 0. The van der Waals surface area contributed by atoms with Crippen LogP contribution in [0.1, 0.15) is 13.8 Å². The first-order chi connectivity index (χ1) is 3.79. The Morgan fingerprint density at radius 2 is 1.38 bits per heavy atom. The van der Waals surface area contributed by atoms with Crippen LogP contribution in [0.5, 0.6) is 0 Å². The summed E-state index contributed by atoms with van der Waals surface area (Å²) >= 11 is 2.89. The average Bonchev–Trinajstić information content (AvgIpc) is 1.77. The van der Waals surface area contributed by atoms with Crippen molar-refractivity contribution in [2.24, 2.45) is 8.80 Å². The molecule has 0 saturated carbocycles. The summed E-state index contributed by atoms with van der Waals surface area (Å²) in [5.74, 6) is 0. The molecule has 0 bridgehead atoms. The van der Waals surface area contributed by atoms with Crippen molar-refractivity contribution in [2.45, 2.75) is 13.8 Å². The van der Waals surface area contributed by atoms with E-state index in [1.807, 2.05) is 13.8 Å². The van der Waals surface area contributed by atoms with Crippen LogP contribution in [0.4, 0.5) is 0 Å². The van der Waals surface area contributed by atoms with Crippen molar-refractivity contribution in [2.75, 3.05) is 0 Å². The Labute approximate surface area is 57.1 Å². The standard InChI is InChI=1S/C4H6N2S2/c1-3-5-8-4(2)6-7-3/h1-2H3. The molecule has 0 fully saturated rings. The molecule has 1 aliphatic heterocycles. The second kappa shape index (κ2) is 2.55. The normalized spacial score (nSPS) is 19.8. The van der Waals surface area contributed by atoms with Crippen LogP contribution in [-0.2, 0) is 0 Å². The Hall–Kier alpha value is 0.0400. The lowest BCUT2D eigenvalue weighted by Gasteiger charge is -2.00. The van der Waals surface area contributed by atoms with E-state index in [9.17, 15) is 0 Å². The summed E-state index contributed by atoms with van der Waals surface area (Å²) in [4.78, 5) is 0. The maximum atomic E-state index is 4.08. The minimum absolute atomic E-state index is 1.03. The molecule has 44 valence electrons. The fourth-order valence-corrected chi connectivity index (χ4v) is 1.31. The van der Waals surface area contributed by atoms with Crippen molar-refractivity contribution in [3.05, 3.63) is 0 Å². The van der Waals surface area contributed by atoms with Gasteiger partial charge in [0.05, 0.1) is 0 Å². The zero-order valence-electron chi connectivity index (χ0n) is 4.71. The Morgan fingerprint density at radius 1 is 1.00 bits per heavy atom. The van der Waals surface area contributed by atoms with E-state index in [1.165, 1.54) is 23.9 Å². The summed E-state index contributed by atoms with van der Waals surface area (Å²) < 4.78 is 8.15. The molecule has 4 heteroatoms. The van der Waals surface area contributed by atoms with Gasteiger partial charge < -0.3 is 0 Å². The van der Waals surface area contributed by atoms with E-state index in [0.717, 1.165) is 10.1 Å². The molecule has 8 heavy (non-hydrogen) atoms. The van der Waals surface area contributed by atoms with Crippen molar-refractivity contribution in [3.63, 3.8) is 0 Å². The summed E-state index contributed by atoms with van der Waals surface area (Å²) in [5.41, 5.74) is 0. The van der Waals surface area contributed by atoms with Crippen LogP contribution in [-0.4, -0.2) is 10.1 Å². The van der Waals surface area contributed by atoms with Gasteiger partial charge in [0, 0.05) is 23.9 Å². The van der Waals surface area contributed by atoms with E-state index in [0.29, 0.717) is 0 Å².